The van der Waals surface area contributed by atoms with Crippen molar-refractivity contribution < 1.29 is 9.50 Å². The Bertz CT molecular complexity index is 511. The van der Waals surface area contributed by atoms with Gasteiger partial charge in [-0.2, -0.15) is 5.26 Å². The first-order valence-corrected chi connectivity index (χ1v) is 6.79. The van der Waals surface area contributed by atoms with Crippen LogP contribution in [0.3, 0.4) is 0 Å². The third kappa shape index (κ3) is 2.36. The van der Waals surface area contributed by atoms with Crippen LogP contribution in [0, 0.1) is 17.1 Å². The van der Waals surface area contributed by atoms with Crippen molar-refractivity contribution >= 4 is 0 Å². The van der Waals surface area contributed by atoms with E-state index in [-0.39, 0.29) is 11.9 Å². The zero-order valence-corrected chi connectivity index (χ0v) is 10.7. The number of fused-ring (bicyclic) bond motifs is 2. The molecular weight excluding hydrogens is 243 g/mol. The largest absolute Gasteiger partial charge is 0.393 e. The molecule has 1 aromatic rings. The van der Waals surface area contributed by atoms with E-state index in [4.69, 9.17) is 5.26 Å². The highest BCUT2D eigenvalue weighted by Crippen LogP contribution is 2.37. The number of aliphatic hydroxyl groups is 1. The third-order valence-corrected chi connectivity index (χ3v) is 4.40. The second kappa shape index (κ2) is 4.92. The average Bonchev–Trinajstić information content (AvgIpc) is 2.62. The highest BCUT2D eigenvalue weighted by atomic mass is 19.1. The van der Waals surface area contributed by atoms with Crippen LogP contribution in [0.2, 0.25) is 0 Å². The first-order valence-electron chi connectivity index (χ1n) is 6.79. The highest BCUT2D eigenvalue weighted by Gasteiger charge is 2.40. The Morgan fingerprint density at radius 3 is 2.63 bits per heavy atom. The zero-order valence-electron chi connectivity index (χ0n) is 10.7. The van der Waals surface area contributed by atoms with Crippen molar-refractivity contribution in [2.45, 2.75) is 50.4 Å². The summed E-state index contributed by atoms with van der Waals surface area (Å²) in [6.45, 7) is 0.614. The second-order valence-electron chi connectivity index (χ2n) is 5.60. The van der Waals surface area contributed by atoms with Crippen molar-refractivity contribution in [2.24, 2.45) is 0 Å². The molecule has 2 unspecified atom stereocenters. The van der Waals surface area contributed by atoms with E-state index in [1.165, 1.54) is 12.1 Å². The Morgan fingerprint density at radius 1 is 1.32 bits per heavy atom. The molecular formula is C15H17FN2O. The molecule has 2 saturated heterocycles. The fraction of sp³-hybridized carbons (Fsp3) is 0.533. The smallest absolute Gasteiger partial charge is 0.123 e. The minimum absolute atomic E-state index is 0.198. The van der Waals surface area contributed by atoms with Gasteiger partial charge in [0.1, 0.15) is 5.82 Å². The highest BCUT2D eigenvalue weighted by molar-refractivity contribution is 5.38. The van der Waals surface area contributed by atoms with Crippen LogP contribution in [0.1, 0.15) is 36.8 Å². The molecule has 3 rings (SSSR count). The molecule has 1 N–H and O–H groups in total. The van der Waals surface area contributed by atoms with Crippen LogP contribution in [0.4, 0.5) is 4.39 Å². The molecule has 2 heterocycles. The molecule has 19 heavy (non-hydrogen) atoms. The van der Waals surface area contributed by atoms with Gasteiger partial charge in [0.15, 0.2) is 0 Å². The van der Waals surface area contributed by atoms with Crippen LogP contribution in [0.15, 0.2) is 18.2 Å². The summed E-state index contributed by atoms with van der Waals surface area (Å²) >= 11 is 0. The number of rotatable bonds is 2. The topological polar surface area (TPSA) is 47.3 Å². The fourth-order valence-corrected chi connectivity index (χ4v) is 3.50. The van der Waals surface area contributed by atoms with E-state index in [0.29, 0.717) is 24.2 Å². The van der Waals surface area contributed by atoms with Crippen LogP contribution in [-0.2, 0) is 6.54 Å². The van der Waals surface area contributed by atoms with Crippen molar-refractivity contribution in [2.75, 3.05) is 0 Å². The molecule has 0 spiro atoms. The summed E-state index contributed by atoms with van der Waals surface area (Å²) in [7, 11) is 0. The van der Waals surface area contributed by atoms with Gasteiger partial charge in [-0.1, -0.05) is 0 Å². The van der Waals surface area contributed by atoms with Gasteiger partial charge in [0.25, 0.3) is 0 Å². The quantitative estimate of drug-likeness (QED) is 0.886. The lowest BCUT2D eigenvalue weighted by Gasteiger charge is -2.37. The fourth-order valence-electron chi connectivity index (χ4n) is 3.50. The summed E-state index contributed by atoms with van der Waals surface area (Å²) in [6, 6.07) is 7.22. The molecule has 2 aliphatic rings. The van der Waals surface area contributed by atoms with Crippen molar-refractivity contribution in [3.63, 3.8) is 0 Å². The SMILES string of the molecule is N#Cc1ccc(F)cc1CN1C2CCC1CC(O)C2. The van der Waals surface area contributed by atoms with E-state index in [1.54, 1.807) is 6.07 Å². The summed E-state index contributed by atoms with van der Waals surface area (Å²) in [6.07, 6.45) is 3.59. The first kappa shape index (κ1) is 12.6. The van der Waals surface area contributed by atoms with Crippen LogP contribution in [0.5, 0.6) is 0 Å². The molecule has 4 heteroatoms. The van der Waals surface area contributed by atoms with E-state index >= 15 is 0 Å². The monoisotopic (exact) mass is 260 g/mol. The molecule has 1 aromatic carbocycles. The van der Waals surface area contributed by atoms with Crippen LogP contribution >= 0.6 is 0 Å². The van der Waals surface area contributed by atoms with Gasteiger partial charge in [-0.25, -0.2) is 4.39 Å². The summed E-state index contributed by atoms with van der Waals surface area (Å²) in [5.41, 5.74) is 1.31. The van der Waals surface area contributed by atoms with Crippen molar-refractivity contribution in [1.29, 1.82) is 5.26 Å². The van der Waals surface area contributed by atoms with E-state index in [2.05, 4.69) is 11.0 Å². The maximum absolute atomic E-state index is 13.3. The predicted molar refractivity (Wildman–Crippen MR) is 68.7 cm³/mol. The number of piperidine rings is 1. The van der Waals surface area contributed by atoms with Gasteiger partial charge in [-0.15, -0.1) is 0 Å². The van der Waals surface area contributed by atoms with Gasteiger partial charge >= 0.3 is 0 Å². The Balaban J connectivity index is 1.83. The molecule has 2 fully saturated rings. The Kier molecular flexibility index (Phi) is 3.26. The molecule has 3 nitrogen and oxygen atoms in total. The predicted octanol–water partition coefficient (Wildman–Crippen LogP) is 2.19. The van der Waals surface area contributed by atoms with E-state index in [0.717, 1.165) is 31.2 Å². The molecule has 0 aliphatic carbocycles. The number of nitrogens with zero attached hydrogens (tertiary/aromatic N) is 2. The van der Waals surface area contributed by atoms with E-state index < -0.39 is 0 Å². The lowest BCUT2D eigenvalue weighted by molar-refractivity contribution is 0.0309. The minimum atomic E-state index is -0.293. The summed E-state index contributed by atoms with van der Waals surface area (Å²) < 4.78 is 13.3. The van der Waals surface area contributed by atoms with Gasteiger partial charge in [-0.05, 0) is 49.4 Å². The number of benzene rings is 1. The zero-order chi connectivity index (χ0) is 13.4. The van der Waals surface area contributed by atoms with E-state index in [1.807, 2.05) is 0 Å². The van der Waals surface area contributed by atoms with Gasteiger partial charge in [0.05, 0.1) is 17.7 Å². The molecule has 2 aliphatic heterocycles. The molecule has 0 radical (unpaired) electrons. The van der Waals surface area contributed by atoms with Gasteiger partial charge in [0.2, 0.25) is 0 Å². The summed E-state index contributed by atoms with van der Waals surface area (Å²) in [5.74, 6) is -0.293. The lowest BCUT2D eigenvalue weighted by Crippen LogP contribution is -2.44. The van der Waals surface area contributed by atoms with Gasteiger partial charge in [-0.3, -0.25) is 4.90 Å². The van der Waals surface area contributed by atoms with E-state index in [9.17, 15) is 9.50 Å². The van der Waals surface area contributed by atoms with Crippen molar-refractivity contribution in [3.05, 3.63) is 35.1 Å². The minimum Gasteiger partial charge on any atom is -0.393 e. The average molecular weight is 260 g/mol. The first-order chi connectivity index (χ1) is 9.17. The van der Waals surface area contributed by atoms with Crippen molar-refractivity contribution in [3.8, 4) is 6.07 Å². The number of hydrogen-bond acceptors (Lipinski definition) is 3. The normalized spacial score (nSPS) is 30.3. The molecule has 2 atom stereocenters. The van der Waals surface area contributed by atoms with Crippen LogP contribution in [0.25, 0.3) is 0 Å². The third-order valence-electron chi connectivity index (χ3n) is 4.40. The maximum atomic E-state index is 13.3. The van der Waals surface area contributed by atoms with Gasteiger partial charge < -0.3 is 5.11 Å². The molecule has 0 aromatic heterocycles. The van der Waals surface area contributed by atoms with Crippen LogP contribution in [-0.4, -0.2) is 28.2 Å². The van der Waals surface area contributed by atoms with Gasteiger partial charge in [0, 0.05) is 18.6 Å². The molecule has 2 bridgehead atoms. The Hall–Kier alpha value is -1.44. The summed E-state index contributed by atoms with van der Waals surface area (Å²) in [4.78, 5) is 2.34. The second-order valence-corrected chi connectivity index (χ2v) is 5.60. The Morgan fingerprint density at radius 2 is 2.00 bits per heavy atom. The number of hydrogen-bond donors (Lipinski definition) is 1. The molecule has 0 saturated carbocycles. The number of nitriles is 1. The lowest BCUT2D eigenvalue weighted by atomic mass is 9.98. The summed E-state index contributed by atoms with van der Waals surface area (Å²) in [5, 5.41) is 18.9. The van der Waals surface area contributed by atoms with Crippen LogP contribution < -0.4 is 0 Å². The molecule has 0 amide bonds. The van der Waals surface area contributed by atoms with Crippen molar-refractivity contribution in [1.82, 2.24) is 4.90 Å². The number of aliphatic hydroxyl groups excluding tert-OH is 1. The number of halogens is 1. The standard InChI is InChI=1S/C15H17FN2O/c16-12-2-1-10(8-17)11(5-12)9-18-13-3-4-14(18)7-15(19)6-13/h1-2,5,13-15,19H,3-4,6-7,9H2. The molecule has 100 valence electrons. The Labute approximate surface area is 112 Å². The maximum Gasteiger partial charge on any atom is 0.123 e.